The van der Waals surface area contributed by atoms with Crippen molar-refractivity contribution in [3.05, 3.63) is 53.0 Å². The quantitative estimate of drug-likeness (QED) is 0.620. The van der Waals surface area contributed by atoms with E-state index in [4.69, 9.17) is 19.2 Å². The number of benzene rings is 2. The van der Waals surface area contributed by atoms with Crippen molar-refractivity contribution < 1.29 is 19.3 Å². The lowest BCUT2D eigenvalue weighted by Crippen LogP contribution is -2.40. The van der Waals surface area contributed by atoms with Gasteiger partial charge < -0.3 is 19.3 Å². The van der Waals surface area contributed by atoms with Gasteiger partial charge in [-0.3, -0.25) is 4.90 Å². The minimum Gasteiger partial charge on any atom is -0.454 e. The van der Waals surface area contributed by atoms with Crippen molar-refractivity contribution in [1.82, 2.24) is 9.88 Å². The first kappa shape index (κ1) is 19.8. The van der Waals surface area contributed by atoms with Crippen molar-refractivity contribution >= 4 is 21.6 Å². The summed E-state index contributed by atoms with van der Waals surface area (Å²) >= 11 is 1.80. The number of aliphatic hydroxyl groups excluding tert-OH is 1. The molecule has 3 aromatic rings. The van der Waals surface area contributed by atoms with Gasteiger partial charge in [0.05, 0.1) is 34.5 Å². The van der Waals surface area contributed by atoms with Crippen LogP contribution in [0.1, 0.15) is 29.3 Å². The summed E-state index contributed by atoms with van der Waals surface area (Å²) in [5, 5.41) is 11.7. The summed E-state index contributed by atoms with van der Waals surface area (Å²) in [5.41, 5.74) is 2.10. The number of hydrogen-bond acceptors (Lipinski definition) is 7. The average Bonchev–Trinajstić information content (AvgIpc) is 3.40. The van der Waals surface area contributed by atoms with Gasteiger partial charge in [0.25, 0.3) is 0 Å². The molecule has 0 saturated carbocycles. The van der Waals surface area contributed by atoms with E-state index in [1.54, 1.807) is 11.3 Å². The normalized spacial score (nSPS) is 20.0. The van der Waals surface area contributed by atoms with Gasteiger partial charge >= 0.3 is 0 Å². The minimum atomic E-state index is -0.506. The molecule has 0 radical (unpaired) electrons. The number of para-hydroxylation sites is 1. The molecule has 5 rings (SSSR count). The number of fused-ring (bicyclic) bond motifs is 2. The third kappa shape index (κ3) is 4.44. The number of thiazole rings is 1. The first-order valence-corrected chi connectivity index (χ1v) is 11.3. The molecule has 158 valence electrons. The predicted molar refractivity (Wildman–Crippen MR) is 116 cm³/mol. The third-order valence-corrected chi connectivity index (χ3v) is 6.85. The van der Waals surface area contributed by atoms with Crippen LogP contribution in [0.15, 0.2) is 42.5 Å². The van der Waals surface area contributed by atoms with Crippen molar-refractivity contribution in [2.45, 2.75) is 31.5 Å². The summed E-state index contributed by atoms with van der Waals surface area (Å²) < 4.78 is 17.7. The van der Waals surface area contributed by atoms with E-state index in [0.717, 1.165) is 48.5 Å². The second-order valence-corrected chi connectivity index (χ2v) is 9.04. The van der Waals surface area contributed by atoms with E-state index in [9.17, 15) is 5.11 Å². The van der Waals surface area contributed by atoms with E-state index < -0.39 is 6.10 Å². The molecule has 7 heteroatoms. The Hall–Kier alpha value is -2.19. The van der Waals surface area contributed by atoms with E-state index in [1.807, 2.05) is 24.3 Å². The van der Waals surface area contributed by atoms with Crippen LogP contribution >= 0.6 is 11.3 Å². The molecular formula is C23H26N2O4S. The van der Waals surface area contributed by atoms with Gasteiger partial charge in [0.2, 0.25) is 6.79 Å². The van der Waals surface area contributed by atoms with E-state index >= 15 is 0 Å². The second kappa shape index (κ2) is 8.89. The van der Waals surface area contributed by atoms with Gasteiger partial charge in [-0.15, -0.1) is 11.3 Å². The second-order valence-electron chi connectivity index (χ2n) is 7.98. The lowest BCUT2D eigenvalue weighted by atomic mass is 9.98. The Morgan fingerprint density at radius 3 is 3.03 bits per heavy atom. The maximum absolute atomic E-state index is 10.5. The van der Waals surface area contributed by atoms with Crippen LogP contribution in [0.2, 0.25) is 0 Å². The van der Waals surface area contributed by atoms with Crippen LogP contribution in [-0.2, 0) is 11.3 Å². The maximum atomic E-state index is 10.5. The minimum absolute atomic E-state index is 0.270. The lowest BCUT2D eigenvalue weighted by Gasteiger charge is -2.33. The Labute approximate surface area is 180 Å². The van der Waals surface area contributed by atoms with Crippen LogP contribution < -0.4 is 9.47 Å². The fourth-order valence-corrected chi connectivity index (χ4v) is 5.28. The maximum Gasteiger partial charge on any atom is 0.231 e. The summed E-state index contributed by atoms with van der Waals surface area (Å²) in [6.45, 7) is 3.62. The fraction of sp³-hybridized carbons (Fsp3) is 0.435. The number of likely N-dealkylation sites (tertiary alicyclic amines) is 1. The predicted octanol–water partition coefficient (Wildman–Crippen LogP) is 3.78. The first-order chi connectivity index (χ1) is 14.7. The van der Waals surface area contributed by atoms with E-state index in [-0.39, 0.29) is 6.79 Å². The van der Waals surface area contributed by atoms with Gasteiger partial charge in [-0.05, 0) is 49.2 Å². The van der Waals surface area contributed by atoms with Crippen LogP contribution in [0, 0.1) is 0 Å². The van der Waals surface area contributed by atoms with Gasteiger partial charge in [0, 0.05) is 19.0 Å². The Morgan fingerprint density at radius 1 is 1.20 bits per heavy atom. The zero-order valence-corrected chi connectivity index (χ0v) is 17.6. The molecule has 1 N–H and O–H groups in total. The third-order valence-electron chi connectivity index (χ3n) is 5.65. The first-order valence-electron chi connectivity index (χ1n) is 10.5. The highest BCUT2D eigenvalue weighted by molar-refractivity contribution is 7.18. The molecule has 2 aliphatic heterocycles. The smallest absolute Gasteiger partial charge is 0.231 e. The molecule has 1 fully saturated rings. The number of piperidine rings is 1. The van der Waals surface area contributed by atoms with Crippen LogP contribution in [0.3, 0.4) is 0 Å². The largest absolute Gasteiger partial charge is 0.454 e. The molecule has 2 aliphatic rings. The number of aliphatic hydroxyl groups is 1. The van der Waals surface area contributed by atoms with E-state index in [0.29, 0.717) is 25.7 Å². The van der Waals surface area contributed by atoms with E-state index in [1.165, 1.54) is 9.71 Å². The van der Waals surface area contributed by atoms with Crippen molar-refractivity contribution in [2.24, 2.45) is 0 Å². The summed E-state index contributed by atoms with van der Waals surface area (Å²) in [4.78, 5) is 7.19. The van der Waals surface area contributed by atoms with Crippen molar-refractivity contribution in [1.29, 1.82) is 0 Å². The van der Waals surface area contributed by atoms with Crippen molar-refractivity contribution in [2.75, 3.05) is 33.0 Å². The van der Waals surface area contributed by atoms with Gasteiger partial charge in [-0.25, -0.2) is 4.98 Å². The van der Waals surface area contributed by atoms with Crippen LogP contribution in [0.5, 0.6) is 11.5 Å². The van der Waals surface area contributed by atoms with Gasteiger partial charge in [0.15, 0.2) is 11.5 Å². The SMILES string of the molecule is O[C@H](COCc1ccc2c(c1)OCO2)CN1CCC[C@H](c2nc3ccccc3s2)C1. The highest BCUT2D eigenvalue weighted by Crippen LogP contribution is 2.34. The molecule has 2 aromatic carbocycles. The number of nitrogens with zero attached hydrogens (tertiary/aromatic N) is 2. The van der Waals surface area contributed by atoms with Crippen LogP contribution in [-0.4, -0.2) is 54.1 Å². The number of hydrogen-bond donors (Lipinski definition) is 1. The molecule has 0 unspecified atom stereocenters. The zero-order chi connectivity index (χ0) is 20.3. The van der Waals surface area contributed by atoms with Gasteiger partial charge in [0.1, 0.15) is 0 Å². The summed E-state index contributed by atoms with van der Waals surface area (Å²) in [5.74, 6) is 1.97. The molecule has 0 amide bonds. The molecule has 6 nitrogen and oxygen atoms in total. The lowest BCUT2D eigenvalue weighted by molar-refractivity contribution is 0.00568. The molecule has 1 saturated heterocycles. The number of aromatic nitrogens is 1. The van der Waals surface area contributed by atoms with Gasteiger partial charge in [-0.1, -0.05) is 18.2 Å². The molecule has 0 spiro atoms. The Balaban J connectivity index is 1.11. The van der Waals surface area contributed by atoms with Gasteiger partial charge in [-0.2, -0.15) is 0 Å². The molecule has 0 aliphatic carbocycles. The molecule has 30 heavy (non-hydrogen) atoms. The number of β-amino-alcohol motifs (C(OH)–C–C–N with tert-alkyl or cyclic N) is 1. The molecule has 0 bridgehead atoms. The Bertz CT molecular complexity index is 975. The van der Waals surface area contributed by atoms with Crippen LogP contribution in [0.25, 0.3) is 10.2 Å². The molecular weight excluding hydrogens is 400 g/mol. The Kier molecular flexibility index (Phi) is 5.86. The average molecular weight is 427 g/mol. The topological polar surface area (TPSA) is 64.1 Å². The molecule has 2 atom stereocenters. The molecule has 3 heterocycles. The van der Waals surface area contributed by atoms with Crippen molar-refractivity contribution in [3.63, 3.8) is 0 Å². The highest BCUT2D eigenvalue weighted by atomic mass is 32.1. The standard InChI is InChI=1S/C23H26N2O4S/c26-18(14-27-13-16-7-8-20-21(10-16)29-15-28-20)12-25-9-3-4-17(11-25)23-24-19-5-1-2-6-22(19)30-23/h1-2,5-8,10,17-18,26H,3-4,9,11-15H2/t17-,18-/m0/s1. The number of rotatable bonds is 7. The summed E-state index contributed by atoms with van der Waals surface area (Å²) in [7, 11) is 0. The summed E-state index contributed by atoms with van der Waals surface area (Å²) in [6, 6.07) is 14.1. The van der Waals surface area contributed by atoms with E-state index in [2.05, 4.69) is 23.1 Å². The zero-order valence-electron chi connectivity index (χ0n) is 16.8. The number of ether oxygens (including phenoxy) is 3. The van der Waals surface area contributed by atoms with Crippen molar-refractivity contribution in [3.8, 4) is 11.5 Å². The summed E-state index contributed by atoms with van der Waals surface area (Å²) in [6.07, 6.45) is 1.78. The monoisotopic (exact) mass is 426 g/mol. The van der Waals surface area contributed by atoms with Crippen LogP contribution in [0.4, 0.5) is 0 Å². The Morgan fingerprint density at radius 2 is 2.10 bits per heavy atom. The molecule has 1 aromatic heterocycles. The fourth-order valence-electron chi connectivity index (χ4n) is 4.18. The highest BCUT2D eigenvalue weighted by Gasteiger charge is 2.25.